The first kappa shape index (κ1) is 14.1. The van der Waals surface area contributed by atoms with Gasteiger partial charge in [0.1, 0.15) is 5.75 Å². The van der Waals surface area contributed by atoms with E-state index in [1.54, 1.807) is 16.6 Å². The average Bonchev–Trinajstić information content (AvgIpc) is 3.00. The summed E-state index contributed by atoms with van der Waals surface area (Å²) >= 11 is 0. The van der Waals surface area contributed by atoms with Crippen LogP contribution in [0.5, 0.6) is 5.75 Å². The molecule has 0 atom stereocenters. The molecule has 0 aliphatic heterocycles. The van der Waals surface area contributed by atoms with E-state index in [9.17, 15) is 5.11 Å². The molecular weight excluding hydrogens is 302 g/mol. The summed E-state index contributed by atoms with van der Waals surface area (Å²) in [5.41, 5.74) is 9.27. The summed E-state index contributed by atoms with van der Waals surface area (Å²) < 4.78 is 1.73. The Hall–Kier alpha value is -3.54. The molecule has 0 radical (unpaired) electrons. The zero-order chi connectivity index (χ0) is 16.5. The van der Waals surface area contributed by atoms with Crippen molar-refractivity contribution in [2.24, 2.45) is 0 Å². The van der Waals surface area contributed by atoms with Crippen molar-refractivity contribution in [2.45, 2.75) is 0 Å². The van der Waals surface area contributed by atoms with Crippen LogP contribution in [0.4, 0.5) is 17.3 Å². The Morgan fingerprint density at radius 2 is 1.79 bits per heavy atom. The van der Waals surface area contributed by atoms with Crippen LogP contribution < -0.4 is 11.1 Å². The number of fused-ring (bicyclic) bond motifs is 1. The SMILES string of the molecule is Nc1ccc(-c2cccc3nc(Nc4ccccc4)nn23)cc1O. The molecule has 0 amide bonds. The van der Waals surface area contributed by atoms with Gasteiger partial charge in [-0.1, -0.05) is 30.3 Å². The van der Waals surface area contributed by atoms with Crippen molar-refractivity contribution in [1.29, 1.82) is 0 Å². The maximum atomic E-state index is 9.85. The first-order valence-electron chi connectivity index (χ1n) is 7.47. The van der Waals surface area contributed by atoms with Gasteiger partial charge in [-0.15, -0.1) is 5.10 Å². The number of rotatable bonds is 3. The molecule has 4 aromatic rings. The molecule has 118 valence electrons. The molecule has 2 aromatic heterocycles. The molecule has 2 heterocycles. The molecule has 6 nitrogen and oxygen atoms in total. The number of nitrogens with two attached hydrogens (primary N) is 1. The number of nitrogen functional groups attached to an aromatic ring is 1. The van der Waals surface area contributed by atoms with Crippen molar-refractivity contribution in [3.8, 4) is 17.0 Å². The van der Waals surface area contributed by atoms with Crippen molar-refractivity contribution in [2.75, 3.05) is 11.1 Å². The summed E-state index contributed by atoms with van der Waals surface area (Å²) in [6.45, 7) is 0. The van der Waals surface area contributed by atoms with Crippen molar-refractivity contribution in [1.82, 2.24) is 14.6 Å². The minimum Gasteiger partial charge on any atom is -0.506 e. The molecule has 4 rings (SSSR count). The molecule has 6 heteroatoms. The van der Waals surface area contributed by atoms with Crippen LogP contribution in [0, 0.1) is 0 Å². The fourth-order valence-electron chi connectivity index (χ4n) is 2.53. The minimum absolute atomic E-state index is 0.0484. The molecule has 0 aliphatic rings. The van der Waals surface area contributed by atoms with E-state index in [4.69, 9.17) is 5.73 Å². The highest BCUT2D eigenvalue weighted by Gasteiger charge is 2.10. The van der Waals surface area contributed by atoms with Gasteiger partial charge in [0.2, 0.25) is 5.95 Å². The molecular formula is C18H15N5O. The highest BCUT2D eigenvalue weighted by Crippen LogP contribution is 2.28. The molecule has 2 aromatic carbocycles. The van der Waals surface area contributed by atoms with E-state index in [1.807, 2.05) is 54.6 Å². The first-order chi connectivity index (χ1) is 11.7. The second-order valence-electron chi connectivity index (χ2n) is 5.38. The standard InChI is InChI=1S/C18H15N5O/c19-14-10-9-12(11-16(14)24)15-7-4-8-17-21-18(22-23(15)17)20-13-5-2-1-3-6-13/h1-11,24H,19H2,(H,20,22). The lowest BCUT2D eigenvalue weighted by Crippen LogP contribution is -1.96. The molecule has 0 bridgehead atoms. The number of nitrogens with one attached hydrogen (secondary N) is 1. The normalized spacial score (nSPS) is 10.8. The maximum absolute atomic E-state index is 9.85. The molecule has 0 fully saturated rings. The highest BCUT2D eigenvalue weighted by molar-refractivity contribution is 5.69. The maximum Gasteiger partial charge on any atom is 0.247 e. The number of aromatic nitrogens is 3. The summed E-state index contributed by atoms with van der Waals surface area (Å²) in [4.78, 5) is 4.49. The minimum atomic E-state index is 0.0484. The van der Waals surface area contributed by atoms with Gasteiger partial charge in [0.05, 0.1) is 11.4 Å². The second kappa shape index (κ2) is 5.58. The number of aromatic hydroxyl groups is 1. The smallest absolute Gasteiger partial charge is 0.247 e. The third-order valence-corrected chi connectivity index (χ3v) is 3.72. The van der Waals surface area contributed by atoms with E-state index in [1.165, 1.54) is 0 Å². The van der Waals surface area contributed by atoms with Gasteiger partial charge >= 0.3 is 0 Å². The molecule has 4 N–H and O–H groups in total. The monoisotopic (exact) mass is 317 g/mol. The fraction of sp³-hybridized carbons (Fsp3) is 0. The van der Waals surface area contributed by atoms with Crippen molar-refractivity contribution < 1.29 is 5.11 Å². The Balaban J connectivity index is 1.78. The number of benzene rings is 2. The number of phenols is 1. The van der Waals surface area contributed by atoms with Crippen molar-refractivity contribution >= 4 is 23.0 Å². The Kier molecular flexibility index (Phi) is 3.28. The van der Waals surface area contributed by atoms with Gasteiger partial charge in [0, 0.05) is 11.3 Å². The summed E-state index contributed by atoms with van der Waals surface area (Å²) in [6, 6.07) is 20.6. The van der Waals surface area contributed by atoms with E-state index < -0.39 is 0 Å². The first-order valence-corrected chi connectivity index (χ1v) is 7.47. The molecule has 24 heavy (non-hydrogen) atoms. The van der Waals surface area contributed by atoms with Gasteiger partial charge in [0.15, 0.2) is 5.65 Å². The van der Waals surface area contributed by atoms with E-state index >= 15 is 0 Å². The predicted octanol–water partition coefficient (Wildman–Crippen LogP) is 3.43. The third-order valence-electron chi connectivity index (χ3n) is 3.72. The summed E-state index contributed by atoms with van der Waals surface area (Å²) in [5.74, 6) is 0.556. The Morgan fingerprint density at radius 3 is 2.58 bits per heavy atom. The predicted molar refractivity (Wildman–Crippen MR) is 94.2 cm³/mol. The number of hydrogen-bond donors (Lipinski definition) is 3. The number of para-hydroxylation sites is 1. The van der Waals surface area contributed by atoms with E-state index in [0.29, 0.717) is 17.3 Å². The lowest BCUT2D eigenvalue weighted by molar-refractivity contribution is 0.478. The third kappa shape index (κ3) is 2.50. The van der Waals surface area contributed by atoms with Gasteiger partial charge in [-0.2, -0.15) is 4.98 Å². The van der Waals surface area contributed by atoms with Crippen LogP contribution in [0.1, 0.15) is 0 Å². The molecule has 0 spiro atoms. The zero-order valence-electron chi connectivity index (χ0n) is 12.7. The van der Waals surface area contributed by atoms with Crippen molar-refractivity contribution in [3.63, 3.8) is 0 Å². The van der Waals surface area contributed by atoms with Gasteiger partial charge in [0.25, 0.3) is 0 Å². The lowest BCUT2D eigenvalue weighted by Gasteiger charge is -2.06. The quantitative estimate of drug-likeness (QED) is 0.398. The van der Waals surface area contributed by atoms with Gasteiger partial charge in [-0.05, 0) is 36.4 Å². The van der Waals surface area contributed by atoms with Crippen molar-refractivity contribution in [3.05, 3.63) is 66.7 Å². The molecule has 0 saturated carbocycles. The molecule has 0 saturated heterocycles. The van der Waals surface area contributed by atoms with Gasteiger partial charge < -0.3 is 16.2 Å². The summed E-state index contributed by atoms with van der Waals surface area (Å²) in [7, 11) is 0. The number of nitrogens with zero attached hydrogens (tertiary/aromatic N) is 3. The van der Waals surface area contributed by atoms with Crippen LogP contribution in [0.25, 0.3) is 16.9 Å². The topological polar surface area (TPSA) is 88.5 Å². The number of phenolic OH excluding ortho intramolecular Hbond substituents is 1. The number of anilines is 3. The van der Waals surface area contributed by atoms with Crippen LogP contribution in [-0.4, -0.2) is 19.7 Å². The van der Waals surface area contributed by atoms with Crippen LogP contribution in [0.2, 0.25) is 0 Å². The van der Waals surface area contributed by atoms with Crippen LogP contribution in [0.15, 0.2) is 66.7 Å². The Morgan fingerprint density at radius 1 is 0.958 bits per heavy atom. The summed E-state index contributed by atoms with van der Waals surface area (Å²) in [6.07, 6.45) is 0. The fourth-order valence-corrected chi connectivity index (χ4v) is 2.53. The average molecular weight is 317 g/mol. The Bertz CT molecular complexity index is 1010. The molecule has 0 aliphatic carbocycles. The lowest BCUT2D eigenvalue weighted by atomic mass is 10.1. The van der Waals surface area contributed by atoms with Gasteiger partial charge in [-0.25, -0.2) is 4.52 Å². The number of hydrogen-bond acceptors (Lipinski definition) is 5. The van der Waals surface area contributed by atoms with Crippen LogP contribution >= 0.6 is 0 Å². The summed E-state index contributed by atoms with van der Waals surface area (Å²) in [5, 5.41) is 17.5. The largest absolute Gasteiger partial charge is 0.506 e. The zero-order valence-corrected chi connectivity index (χ0v) is 12.7. The Labute approximate surface area is 138 Å². The van der Waals surface area contributed by atoms with Gasteiger partial charge in [-0.3, -0.25) is 0 Å². The van der Waals surface area contributed by atoms with Crippen LogP contribution in [0.3, 0.4) is 0 Å². The highest BCUT2D eigenvalue weighted by atomic mass is 16.3. The second-order valence-corrected chi connectivity index (χ2v) is 5.38. The van der Waals surface area contributed by atoms with Crippen LogP contribution in [-0.2, 0) is 0 Å². The number of pyridine rings is 1. The molecule has 0 unspecified atom stereocenters. The van der Waals surface area contributed by atoms with E-state index in [-0.39, 0.29) is 5.75 Å². The van der Waals surface area contributed by atoms with E-state index in [2.05, 4.69) is 15.4 Å². The van der Waals surface area contributed by atoms with E-state index in [0.717, 1.165) is 16.9 Å².